The van der Waals surface area contributed by atoms with Crippen molar-refractivity contribution in [2.45, 2.75) is 26.4 Å². The summed E-state index contributed by atoms with van der Waals surface area (Å²) >= 11 is 0. The molecule has 0 spiro atoms. The first kappa shape index (κ1) is 23.3. The zero-order chi connectivity index (χ0) is 24.3. The number of carbonyl (C=O) groups excluding carboxylic acids is 1. The minimum Gasteiger partial charge on any atom is -0.455 e. The van der Waals surface area contributed by atoms with Crippen LogP contribution in [-0.4, -0.2) is 17.4 Å². The number of carbonyl (C=O) groups is 1. The number of hydrogen-bond acceptors (Lipinski definition) is 3. The van der Waals surface area contributed by atoms with Crippen molar-refractivity contribution < 1.29 is 22.7 Å². The molecular formula is C27H23F3N2O2. The van der Waals surface area contributed by atoms with E-state index >= 15 is 0 Å². The molecule has 1 aromatic heterocycles. The zero-order valence-electron chi connectivity index (χ0n) is 18.7. The molecule has 0 aliphatic heterocycles. The molecule has 34 heavy (non-hydrogen) atoms. The van der Waals surface area contributed by atoms with Gasteiger partial charge in [-0.1, -0.05) is 48.0 Å². The van der Waals surface area contributed by atoms with Crippen LogP contribution in [-0.2, 0) is 12.6 Å². The molecule has 174 valence electrons. The number of para-hydroxylation sites is 1. The number of fused-ring (bicyclic) bond motifs is 1. The van der Waals surface area contributed by atoms with Crippen LogP contribution in [0.1, 0.15) is 32.6 Å². The van der Waals surface area contributed by atoms with E-state index in [0.29, 0.717) is 23.9 Å². The van der Waals surface area contributed by atoms with Crippen molar-refractivity contribution >= 4 is 16.8 Å². The number of aryl methyl sites for hydroxylation is 2. The van der Waals surface area contributed by atoms with E-state index in [2.05, 4.69) is 16.4 Å². The van der Waals surface area contributed by atoms with Crippen LogP contribution in [0.5, 0.6) is 11.5 Å². The van der Waals surface area contributed by atoms with E-state index in [1.807, 2.05) is 26.0 Å². The van der Waals surface area contributed by atoms with Gasteiger partial charge in [-0.2, -0.15) is 13.2 Å². The molecule has 4 aromatic rings. The first-order valence-electron chi connectivity index (χ1n) is 10.8. The Morgan fingerprint density at radius 2 is 1.79 bits per heavy atom. The molecule has 0 bridgehead atoms. The van der Waals surface area contributed by atoms with Gasteiger partial charge in [0.2, 0.25) is 0 Å². The maximum Gasteiger partial charge on any atom is 0.416 e. The van der Waals surface area contributed by atoms with Crippen molar-refractivity contribution in [2.24, 2.45) is 0 Å². The summed E-state index contributed by atoms with van der Waals surface area (Å²) in [5.74, 6) is -0.330. The van der Waals surface area contributed by atoms with Crippen molar-refractivity contribution in [1.29, 1.82) is 0 Å². The van der Waals surface area contributed by atoms with Gasteiger partial charge in [0.1, 0.15) is 5.75 Å². The minimum absolute atomic E-state index is 0.0313. The Bertz CT molecular complexity index is 1350. The molecule has 4 nitrogen and oxygen atoms in total. The summed E-state index contributed by atoms with van der Waals surface area (Å²) in [6.45, 7) is 4.45. The highest BCUT2D eigenvalue weighted by molar-refractivity contribution is 6.08. The van der Waals surface area contributed by atoms with E-state index in [-0.39, 0.29) is 23.0 Å². The molecule has 7 heteroatoms. The van der Waals surface area contributed by atoms with Gasteiger partial charge in [-0.15, -0.1) is 0 Å². The average molecular weight is 464 g/mol. The summed E-state index contributed by atoms with van der Waals surface area (Å²) in [5.41, 5.74) is 3.42. The summed E-state index contributed by atoms with van der Waals surface area (Å²) in [6, 6.07) is 17.8. The van der Waals surface area contributed by atoms with Crippen LogP contribution in [0, 0.1) is 13.8 Å². The van der Waals surface area contributed by atoms with E-state index in [1.54, 1.807) is 24.3 Å². The maximum absolute atomic E-state index is 13.2. The lowest BCUT2D eigenvalue weighted by molar-refractivity contribution is -0.137. The second-order valence-corrected chi connectivity index (χ2v) is 8.08. The van der Waals surface area contributed by atoms with Crippen LogP contribution < -0.4 is 10.1 Å². The SMILES string of the molecule is Cc1ccc(CCNC(=O)c2c(Oc3cccc(C(F)(F)F)c3)cnc3ccccc23)c(C)c1. The predicted molar refractivity (Wildman–Crippen MR) is 125 cm³/mol. The number of benzene rings is 3. The monoisotopic (exact) mass is 464 g/mol. The number of pyridine rings is 1. The van der Waals surface area contributed by atoms with Crippen LogP contribution in [0.4, 0.5) is 13.2 Å². The third-order valence-electron chi connectivity index (χ3n) is 5.53. The van der Waals surface area contributed by atoms with Gasteiger partial charge in [0, 0.05) is 11.9 Å². The summed E-state index contributed by atoms with van der Waals surface area (Å²) in [5, 5.41) is 3.47. The molecule has 1 N–H and O–H groups in total. The molecule has 0 unspecified atom stereocenters. The molecule has 0 aliphatic rings. The Morgan fingerprint density at radius 3 is 2.56 bits per heavy atom. The van der Waals surface area contributed by atoms with Gasteiger partial charge in [0.05, 0.1) is 22.8 Å². The summed E-state index contributed by atoms with van der Waals surface area (Å²) in [4.78, 5) is 17.5. The third kappa shape index (κ3) is 5.20. The smallest absolute Gasteiger partial charge is 0.416 e. The van der Waals surface area contributed by atoms with Crippen molar-refractivity contribution in [3.8, 4) is 11.5 Å². The van der Waals surface area contributed by atoms with Gasteiger partial charge in [-0.25, -0.2) is 0 Å². The molecule has 0 aliphatic carbocycles. The molecular weight excluding hydrogens is 441 g/mol. The quantitative estimate of drug-likeness (QED) is 0.348. The summed E-state index contributed by atoms with van der Waals surface area (Å²) in [7, 11) is 0. The fourth-order valence-electron chi connectivity index (χ4n) is 3.82. The normalized spacial score (nSPS) is 11.4. The van der Waals surface area contributed by atoms with Crippen molar-refractivity contribution in [2.75, 3.05) is 6.54 Å². The molecule has 4 rings (SSSR count). The lowest BCUT2D eigenvalue weighted by atomic mass is 10.0. The second kappa shape index (κ2) is 9.55. The van der Waals surface area contributed by atoms with Gasteiger partial charge in [0.15, 0.2) is 5.75 Å². The van der Waals surface area contributed by atoms with E-state index in [4.69, 9.17) is 4.74 Å². The van der Waals surface area contributed by atoms with Crippen LogP contribution in [0.25, 0.3) is 10.9 Å². The van der Waals surface area contributed by atoms with E-state index in [9.17, 15) is 18.0 Å². The van der Waals surface area contributed by atoms with Gasteiger partial charge >= 0.3 is 6.18 Å². The van der Waals surface area contributed by atoms with Gasteiger partial charge in [-0.05, 0) is 55.7 Å². The van der Waals surface area contributed by atoms with Crippen molar-refractivity contribution in [3.05, 3.63) is 101 Å². The van der Waals surface area contributed by atoms with Crippen molar-refractivity contribution in [1.82, 2.24) is 10.3 Å². The number of nitrogens with one attached hydrogen (secondary N) is 1. The second-order valence-electron chi connectivity index (χ2n) is 8.08. The lowest BCUT2D eigenvalue weighted by Crippen LogP contribution is -2.26. The molecule has 3 aromatic carbocycles. The maximum atomic E-state index is 13.2. The van der Waals surface area contributed by atoms with Gasteiger partial charge < -0.3 is 10.1 Å². The molecule has 0 atom stereocenters. The molecule has 0 fully saturated rings. The highest BCUT2D eigenvalue weighted by Crippen LogP contribution is 2.34. The number of rotatable bonds is 6. The fourth-order valence-corrected chi connectivity index (χ4v) is 3.82. The molecule has 1 heterocycles. The van der Waals surface area contributed by atoms with Gasteiger partial charge in [0.25, 0.3) is 5.91 Å². The van der Waals surface area contributed by atoms with Crippen molar-refractivity contribution in [3.63, 3.8) is 0 Å². The minimum atomic E-state index is -4.50. The number of aromatic nitrogens is 1. The Kier molecular flexibility index (Phi) is 6.54. The number of nitrogens with zero attached hydrogens (tertiary/aromatic N) is 1. The molecule has 0 saturated carbocycles. The fraction of sp³-hybridized carbons (Fsp3) is 0.185. The average Bonchev–Trinajstić information content (AvgIpc) is 2.80. The van der Waals surface area contributed by atoms with Crippen LogP contribution in [0.3, 0.4) is 0 Å². The number of halogens is 3. The number of alkyl halides is 3. The Labute approximate surface area is 195 Å². The predicted octanol–water partition coefficient (Wildman–Crippen LogP) is 6.64. The number of ether oxygens (including phenoxy) is 1. The zero-order valence-corrected chi connectivity index (χ0v) is 18.7. The Morgan fingerprint density at radius 1 is 1.00 bits per heavy atom. The largest absolute Gasteiger partial charge is 0.455 e. The van der Waals surface area contributed by atoms with Gasteiger partial charge in [-0.3, -0.25) is 9.78 Å². The lowest BCUT2D eigenvalue weighted by Gasteiger charge is -2.15. The third-order valence-corrected chi connectivity index (χ3v) is 5.53. The highest BCUT2D eigenvalue weighted by Gasteiger charge is 2.30. The molecule has 0 saturated heterocycles. The van der Waals surface area contributed by atoms with Crippen LogP contribution in [0.2, 0.25) is 0 Å². The topological polar surface area (TPSA) is 51.2 Å². The number of amides is 1. The summed E-state index contributed by atoms with van der Waals surface area (Å²) in [6.07, 6.45) is -2.50. The van der Waals surface area contributed by atoms with E-state index < -0.39 is 11.7 Å². The van der Waals surface area contributed by atoms with E-state index in [0.717, 1.165) is 23.3 Å². The first-order valence-corrected chi connectivity index (χ1v) is 10.8. The highest BCUT2D eigenvalue weighted by atomic mass is 19.4. The standard InChI is InChI=1S/C27H23F3N2O2/c1-17-10-11-19(18(2)14-17)12-13-31-26(33)25-22-8-3-4-9-23(22)32-16-24(25)34-21-7-5-6-20(15-21)27(28,29)30/h3-11,14-16H,12-13H2,1-2H3,(H,31,33). The number of hydrogen-bond donors (Lipinski definition) is 1. The first-order chi connectivity index (χ1) is 16.2. The van der Waals surface area contributed by atoms with Crippen LogP contribution >= 0.6 is 0 Å². The Hall–Kier alpha value is -3.87. The molecule has 0 radical (unpaired) electrons. The molecule has 1 amide bonds. The summed E-state index contributed by atoms with van der Waals surface area (Å²) < 4.78 is 45.1. The van der Waals surface area contributed by atoms with Crippen LogP contribution in [0.15, 0.2) is 72.9 Å². The Balaban J connectivity index is 1.61. The van der Waals surface area contributed by atoms with E-state index in [1.165, 1.54) is 23.9 Å².